The number of aliphatic carboxylic acids is 1. The Morgan fingerprint density at radius 2 is 1.93 bits per heavy atom. The van der Waals surface area contributed by atoms with Gasteiger partial charge in [-0.2, -0.15) is 0 Å². The Morgan fingerprint density at radius 1 is 1.19 bits per heavy atom. The molecule has 1 aliphatic carbocycles. The van der Waals surface area contributed by atoms with Gasteiger partial charge in [0.2, 0.25) is 0 Å². The number of carbonyl (C=O) groups is 3. The molecule has 2 amide bonds. The van der Waals surface area contributed by atoms with Gasteiger partial charge in [0.05, 0.1) is 11.3 Å². The molecule has 0 bridgehead atoms. The van der Waals surface area contributed by atoms with Crippen molar-refractivity contribution in [2.45, 2.75) is 32.6 Å². The fourth-order valence-corrected chi connectivity index (χ4v) is 4.20. The first-order chi connectivity index (χ1) is 12.9. The summed E-state index contributed by atoms with van der Waals surface area (Å²) in [5.74, 6) is -0.773. The van der Waals surface area contributed by atoms with Crippen molar-refractivity contribution < 1.29 is 19.5 Å². The maximum Gasteiger partial charge on any atom is 0.305 e. The number of carboxylic acids is 1. The van der Waals surface area contributed by atoms with Crippen LogP contribution in [-0.2, 0) is 17.6 Å². The van der Waals surface area contributed by atoms with Crippen molar-refractivity contribution in [1.29, 1.82) is 0 Å². The van der Waals surface area contributed by atoms with E-state index in [1.165, 1.54) is 16.9 Å². The standard InChI is InChI=1S/C20H22N2O4S/c1-12-2-7-16-14(10-12)11-17(27-16)20(26)22-15-5-3-13(4-6-15)19(25)21-9-8-18(23)24/h3-6,11-12H,2,7-10H2,1H3,(H,21,25)(H,22,26)(H,23,24). The van der Waals surface area contributed by atoms with Crippen LogP contribution in [0.25, 0.3) is 0 Å². The van der Waals surface area contributed by atoms with Crippen LogP contribution < -0.4 is 10.6 Å². The SMILES string of the molecule is CC1CCc2sc(C(=O)Nc3ccc(C(=O)NCCC(=O)O)cc3)cc2C1. The average molecular weight is 386 g/mol. The van der Waals surface area contributed by atoms with E-state index in [-0.39, 0.29) is 24.8 Å². The highest BCUT2D eigenvalue weighted by Gasteiger charge is 2.20. The summed E-state index contributed by atoms with van der Waals surface area (Å²) in [6.07, 6.45) is 3.12. The van der Waals surface area contributed by atoms with Crippen molar-refractivity contribution in [3.63, 3.8) is 0 Å². The van der Waals surface area contributed by atoms with Gasteiger partial charge in [-0.3, -0.25) is 14.4 Å². The molecule has 1 aromatic carbocycles. The Hall–Kier alpha value is -2.67. The van der Waals surface area contributed by atoms with E-state index >= 15 is 0 Å². The second-order valence-electron chi connectivity index (χ2n) is 6.84. The molecule has 0 spiro atoms. The molecule has 7 heteroatoms. The van der Waals surface area contributed by atoms with Gasteiger partial charge >= 0.3 is 5.97 Å². The molecule has 0 radical (unpaired) electrons. The Morgan fingerprint density at radius 3 is 2.63 bits per heavy atom. The third-order valence-electron chi connectivity index (χ3n) is 4.58. The third-order valence-corrected chi connectivity index (χ3v) is 5.82. The average Bonchev–Trinajstić information content (AvgIpc) is 3.05. The molecule has 142 valence electrons. The van der Waals surface area contributed by atoms with Gasteiger partial charge in [0.25, 0.3) is 11.8 Å². The van der Waals surface area contributed by atoms with Crippen LogP contribution in [0.5, 0.6) is 0 Å². The summed E-state index contributed by atoms with van der Waals surface area (Å²) in [5, 5.41) is 14.0. The molecule has 1 aliphatic rings. The number of carboxylic acid groups (broad SMARTS) is 1. The maximum absolute atomic E-state index is 12.5. The molecule has 6 nitrogen and oxygen atoms in total. The van der Waals surface area contributed by atoms with Gasteiger partial charge in [-0.1, -0.05) is 6.92 Å². The Bertz CT molecular complexity index is 857. The number of aryl methyl sites for hydroxylation is 1. The van der Waals surface area contributed by atoms with E-state index in [0.717, 1.165) is 12.8 Å². The second-order valence-corrected chi connectivity index (χ2v) is 7.97. The van der Waals surface area contributed by atoms with E-state index < -0.39 is 5.97 Å². The van der Waals surface area contributed by atoms with E-state index in [4.69, 9.17) is 5.11 Å². The predicted octanol–water partition coefficient (Wildman–Crippen LogP) is 3.33. The Balaban J connectivity index is 1.59. The number of anilines is 1. The van der Waals surface area contributed by atoms with Crippen molar-refractivity contribution in [3.8, 4) is 0 Å². The lowest BCUT2D eigenvalue weighted by Gasteiger charge is -2.16. The summed E-state index contributed by atoms with van der Waals surface area (Å²) in [5.41, 5.74) is 2.32. The van der Waals surface area contributed by atoms with E-state index in [2.05, 4.69) is 17.6 Å². The quantitative estimate of drug-likeness (QED) is 0.710. The minimum absolute atomic E-state index is 0.0777. The third kappa shape index (κ3) is 4.95. The van der Waals surface area contributed by atoms with Gasteiger partial charge in [0, 0.05) is 22.7 Å². The normalized spacial score (nSPS) is 15.7. The van der Waals surface area contributed by atoms with Crippen molar-refractivity contribution in [3.05, 3.63) is 51.2 Å². The highest BCUT2D eigenvalue weighted by atomic mass is 32.1. The molecular weight excluding hydrogens is 364 g/mol. The first-order valence-corrected chi connectivity index (χ1v) is 9.77. The smallest absolute Gasteiger partial charge is 0.305 e. The largest absolute Gasteiger partial charge is 0.481 e. The Labute approximate surface area is 161 Å². The number of carbonyl (C=O) groups excluding carboxylic acids is 2. The molecule has 1 aromatic heterocycles. The highest BCUT2D eigenvalue weighted by Crippen LogP contribution is 2.32. The molecule has 0 fully saturated rings. The number of benzene rings is 1. The Kier molecular flexibility index (Phi) is 5.91. The highest BCUT2D eigenvalue weighted by molar-refractivity contribution is 7.14. The maximum atomic E-state index is 12.5. The molecule has 3 rings (SSSR count). The zero-order valence-electron chi connectivity index (χ0n) is 15.1. The summed E-state index contributed by atoms with van der Waals surface area (Å²) in [7, 11) is 0. The first-order valence-electron chi connectivity index (χ1n) is 8.95. The van der Waals surface area contributed by atoms with Crippen molar-refractivity contribution in [1.82, 2.24) is 5.32 Å². The number of amides is 2. The zero-order chi connectivity index (χ0) is 19.4. The molecule has 0 saturated heterocycles. The van der Waals surface area contributed by atoms with Gasteiger partial charge in [-0.25, -0.2) is 0 Å². The molecule has 2 aromatic rings. The van der Waals surface area contributed by atoms with Crippen LogP contribution in [0, 0.1) is 5.92 Å². The van der Waals surface area contributed by atoms with Crippen LogP contribution in [0.1, 0.15) is 50.2 Å². The number of hydrogen-bond acceptors (Lipinski definition) is 4. The first kappa shape index (κ1) is 19.1. The zero-order valence-corrected chi connectivity index (χ0v) is 15.9. The molecule has 0 saturated carbocycles. The van der Waals surface area contributed by atoms with Crippen LogP contribution in [-0.4, -0.2) is 29.4 Å². The lowest BCUT2D eigenvalue weighted by atomic mass is 9.90. The monoisotopic (exact) mass is 386 g/mol. The van der Waals surface area contributed by atoms with Crippen molar-refractivity contribution in [2.75, 3.05) is 11.9 Å². The minimum atomic E-state index is -0.960. The molecular formula is C20H22N2O4S. The van der Waals surface area contributed by atoms with Gasteiger partial charge < -0.3 is 15.7 Å². The van der Waals surface area contributed by atoms with Crippen LogP contribution in [0.15, 0.2) is 30.3 Å². The van der Waals surface area contributed by atoms with Crippen LogP contribution in [0.2, 0.25) is 0 Å². The van der Waals surface area contributed by atoms with E-state index in [9.17, 15) is 14.4 Å². The summed E-state index contributed by atoms with van der Waals surface area (Å²) >= 11 is 1.56. The molecule has 0 aliphatic heterocycles. The lowest BCUT2D eigenvalue weighted by molar-refractivity contribution is -0.136. The summed E-state index contributed by atoms with van der Waals surface area (Å²) in [6, 6.07) is 8.54. The van der Waals surface area contributed by atoms with Crippen LogP contribution in [0.4, 0.5) is 5.69 Å². The fraction of sp³-hybridized carbons (Fsp3) is 0.350. The number of hydrogen-bond donors (Lipinski definition) is 3. The van der Waals surface area contributed by atoms with Gasteiger partial charge in [-0.05, 0) is 61.1 Å². The number of rotatable bonds is 6. The number of fused-ring (bicyclic) bond motifs is 1. The summed E-state index contributed by atoms with van der Waals surface area (Å²) in [6.45, 7) is 2.31. The number of nitrogens with one attached hydrogen (secondary N) is 2. The van der Waals surface area contributed by atoms with Crippen LogP contribution in [0.3, 0.4) is 0 Å². The fourth-order valence-electron chi connectivity index (χ4n) is 3.10. The summed E-state index contributed by atoms with van der Waals surface area (Å²) < 4.78 is 0. The van der Waals surface area contributed by atoms with Crippen molar-refractivity contribution in [2.24, 2.45) is 5.92 Å². The van der Waals surface area contributed by atoms with Crippen molar-refractivity contribution >= 4 is 34.8 Å². The van der Waals surface area contributed by atoms with E-state index in [1.807, 2.05) is 6.07 Å². The lowest BCUT2D eigenvalue weighted by Crippen LogP contribution is -2.25. The molecule has 27 heavy (non-hydrogen) atoms. The van der Waals surface area contributed by atoms with Gasteiger partial charge in [0.15, 0.2) is 0 Å². The molecule has 1 unspecified atom stereocenters. The van der Waals surface area contributed by atoms with Gasteiger partial charge in [-0.15, -0.1) is 11.3 Å². The van der Waals surface area contributed by atoms with E-state index in [0.29, 0.717) is 22.0 Å². The second kappa shape index (κ2) is 8.35. The van der Waals surface area contributed by atoms with E-state index in [1.54, 1.807) is 35.6 Å². The molecule has 3 N–H and O–H groups in total. The molecule has 1 heterocycles. The topological polar surface area (TPSA) is 95.5 Å². The summed E-state index contributed by atoms with van der Waals surface area (Å²) in [4.78, 5) is 36.9. The predicted molar refractivity (Wildman–Crippen MR) is 104 cm³/mol. The number of thiophene rings is 1. The molecule has 1 atom stereocenters. The minimum Gasteiger partial charge on any atom is -0.481 e. The van der Waals surface area contributed by atoms with Crippen LogP contribution >= 0.6 is 11.3 Å². The van der Waals surface area contributed by atoms with Gasteiger partial charge in [0.1, 0.15) is 0 Å².